The minimum absolute atomic E-state index is 0. The van der Waals surface area contributed by atoms with Gasteiger partial charge in [0.2, 0.25) is 0 Å². The van der Waals surface area contributed by atoms with E-state index in [-0.39, 0.29) is 12.4 Å². The highest BCUT2D eigenvalue weighted by Gasteiger charge is 2.30. The van der Waals surface area contributed by atoms with Gasteiger partial charge in [0.05, 0.1) is 29.3 Å². The normalized spacial score (nSPS) is 10.9. The van der Waals surface area contributed by atoms with E-state index in [1.807, 2.05) is 0 Å². The van der Waals surface area contributed by atoms with E-state index in [2.05, 4.69) is 10.4 Å². The molecule has 0 amide bonds. The van der Waals surface area contributed by atoms with Gasteiger partial charge in [-0.05, 0) is 18.2 Å². The highest BCUT2D eigenvalue weighted by Crippen LogP contribution is 2.30. The number of alkyl halides is 3. The van der Waals surface area contributed by atoms with Crippen LogP contribution >= 0.6 is 12.4 Å². The van der Waals surface area contributed by atoms with E-state index >= 15 is 0 Å². The van der Waals surface area contributed by atoms with Crippen molar-refractivity contribution in [2.24, 2.45) is 0 Å². The molecule has 0 spiro atoms. The summed E-state index contributed by atoms with van der Waals surface area (Å²) in [5.41, 5.74) is 0.431. The number of anilines is 1. The monoisotopic (exact) mass is 277 g/mol. The molecule has 18 heavy (non-hydrogen) atoms. The molecule has 0 radical (unpaired) electrons. The Morgan fingerprint density at radius 3 is 2.56 bits per heavy atom. The zero-order valence-corrected chi connectivity index (χ0v) is 10.2. The van der Waals surface area contributed by atoms with Gasteiger partial charge in [0.25, 0.3) is 0 Å². The van der Waals surface area contributed by atoms with Crippen LogP contribution in [0.4, 0.5) is 18.9 Å². The van der Waals surface area contributed by atoms with E-state index in [4.69, 9.17) is 0 Å². The number of benzene rings is 1. The third-order valence-electron chi connectivity index (χ3n) is 2.31. The smallest absolute Gasteiger partial charge is 0.386 e. The summed E-state index contributed by atoms with van der Waals surface area (Å²) in [5.74, 6) is 0. The van der Waals surface area contributed by atoms with Crippen LogP contribution in [0, 0.1) is 0 Å². The molecule has 0 aliphatic carbocycles. The van der Waals surface area contributed by atoms with Crippen LogP contribution in [0.2, 0.25) is 0 Å². The number of nitrogens with zero attached hydrogens (tertiary/aromatic N) is 2. The highest BCUT2D eigenvalue weighted by atomic mass is 35.5. The molecular formula is C11H11ClF3N3. The fraction of sp³-hybridized carbons (Fsp3) is 0.182. The third kappa shape index (κ3) is 2.95. The molecule has 98 valence electrons. The average Bonchev–Trinajstić information content (AvgIpc) is 2.76. The van der Waals surface area contributed by atoms with Crippen molar-refractivity contribution < 1.29 is 13.2 Å². The van der Waals surface area contributed by atoms with Gasteiger partial charge in [-0.25, -0.2) is 4.68 Å². The SMILES string of the molecule is CNc1cnn(-c2cccc(C(F)(F)F)c2)c1.Cl. The van der Waals surface area contributed by atoms with E-state index in [1.165, 1.54) is 10.7 Å². The Balaban J connectivity index is 0.00000162. The molecule has 0 unspecified atom stereocenters. The lowest BCUT2D eigenvalue weighted by Crippen LogP contribution is -2.06. The first-order valence-electron chi connectivity index (χ1n) is 4.91. The van der Waals surface area contributed by atoms with Crippen molar-refractivity contribution in [2.75, 3.05) is 12.4 Å². The quantitative estimate of drug-likeness (QED) is 0.912. The first kappa shape index (κ1) is 14.4. The molecule has 7 heteroatoms. The summed E-state index contributed by atoms with van der Waals surface area (Å²) >= 11 is 0. The number of hydrogen-bond acceptors (Lipinski definition) is 2. The molecule has 1 aromatic carbocycles. The number of aromatic nitrogens is 2. The summed E-state index contributed by atoms with van der Waals surface area (Å²) < 4.78 is 38.9. The molecule has 2 rings (SSSR count). The second kappa shape index (κ2) is 5.30. The van der Waals surface area contributed by atoms with Gasteiger partial charge in [-0.3, -0.25) is 0 Å². The molecule has 0 aliphatic rings. The maximum atomic E-state index is 12.5. The van der Waals surface area contributed by atoms with Crippen molar-refractivity contribution >= 4 is 18.1 Å². The maximum absolute atomic E-state index is 12.5. The Morgan fingerprint density at radius 2 is 2.00 bits per heavy atom. The largest absolute Gasteiger partial charge is 0.416 e. The van der Waals surface area contributed by atoms with E-state index in [0.29, 0.717) is 5.69 Å². The van der Waals surface area contributed by atoms with Crippen LogP contribution in [-0.2, 0) is 6.18 Å². The van der Waals surface area contributed by atoms with E-state index < -0.39 is 11.7 Å². The molecule has 3 nitrogen and oxygen atoms in total. The molecule has 0 bridgehead atoms. The van der Waals surface area contributed by atoms with Gasteiger partial charge in [0.15, 0.2) is 0 Å². The van der Waals surface area contributed by atoms with E-state index in [1.54, 1.807) is 25.5 Å². The number of halogens is 4. The lowest BCUT2D eigenvalue weighted by atomic mass is 10.2. The minimum Gasteiger partial charge on any atom is -0.386 e. The summed E-state index contributed by atoms with van der Waals surface area (Å²) in [4.78, 5) is 0. The van der Waals surface area contributed by atoms with Crippen molar-refractivity contribution in [1.82, 2.24) is 9.78 Å². The Hall–Kier alpha value is -1.69. The minimum atomic E-state index is -4.34. The Kier molecular flexibility index (Phi) is 4.24. The molecule has 1 heterocycles. The second-order valence-electron chi connectivity index (χ2n) is 3.47. The van der Waals surface area contributed by atoms with Crippen molar-refractivity contribution in [1.29, 1.82) is 0 Å². The summed E-state index contributed by atoms with van der Waals surface area (Å²) in [6.07, 6.45) is -1.18. The van der Waals surface area contributed by atoms with Gasteiger partial charge in [0.1, 0.15) is 0 Å². The Bertz CT molecular complexity index is 522. The summed E-state index contributed by atoms with van der Waals surface area (Å²) in [6.45, 7) is 0. The van der Waals surface area contributed by atoms with E-state index in [9.17, 15) is 13.2 Å². The lowest BCUT2D eigenvalue weighted by Gasteiger charge is -2.08. The topological polar surface area (TPSA) is 29.9 Å². The van der Waals surface area contributed by atoms with Gasteiger partial charge in [-0.1, -0.05) is 6.07 Å². The molecule has 0 aliphatic heterocycles. The van der Waals surface area contributed by atoms with Gasteiger partial charge in [0, 0.05) is 7.05 Å². The van der Waals surface area contributed by atoms with Gasteiger partial charge in [-0.2, -0.15) is 18.3 Å². The van der Waals surface area contributed by atoms with Crippen LogP contribution in [0.5, 0.6) is 0 Å². The fourth-order valence-corrected chi connectivity index (χ4v) is 1.42. The molecule has 1 N–H and O–H groups in total. The molecule has 0 atom stereocenters. The van der Waals surface area contributed by atoms with Crippen molar-refractivity contribution in [3.05, 3.63) is 42.2 Å². The third-order valence-corrected chi connectivity index (χ3v) is 2.31. The maximum Gasteiger partial charge on any atom is 0.416 e. The number of hydrogen-bond donors (Lipinski definition) is 1. The van der Waals surface area contributed by atoms with Crippen LogP contribution < -0.4 is 5.32 Å². The predicted molar refractivity (Wildman–Crippen MR) is 65.4 cm³/mol. The second-order valence-corrected chi connectivity index (χ2v) is 3.47. The first-order chi connectivity index (χ1) is 8.00. The number of rotatable bonds is 2. The lowest BCUT2D eigenvalue weighted by molar-refractivity contribution is -0.137. The predicted octanol–water partition coefficient (Wildman–Crippen LogP) is 3.35. The zero-order chi connectivity index (χ0) is 12.5. The Morgan fingerprint density at radius 1 is 1.28 bits per heavy atom. The van der Waals surface area contributed by atoms with Crippen LogP contribution in [0.15, 0.2) is 36.7 Å². The van der Waals surface area contributed by atoms with Crippen LogP contribution in [0.3, 0.4) is 0 Å². The van der Waals surface area contributed by atoms with Crippen molar-refractivity contribution in [3.8, 4) is 5.69 Å². The van der Waals surface area contributed by atoms with E-state index in [0.717, 1.165) is 17.8 Å². The average molecular weight is 278 g/mol. The molecule has 1 aromatic heterocycles. The summed E-state index contributed by atoms with van der Waals surface area (Å²) in [6, 6.07) is 5.03. The van der Waals surface area contributed by atoms with Crippen LogP contribution in [0.25, 0.3) is 5.69 Å². The standard InChI is InChI=1S/C11H10F3N3.ClH/c1-15-9-6-16-17(7-9)10-4-2-3-8(5-10)11(12,13)14;/h2-7,15H,1H3;1H. The molecular weight excluding hydrogens is 267 g/mol. The van der Waals surface area contributed by atoms with Gasteiger partial charge in [-0.15, -0.1) is 12.4 Å². The van der Waals surface area contributed by atoms with Gasteiger partial charge < -0.3 is 5.32 Å². The van der Waals surface area contributed by atoms with Gasteiger partial charge >= 0.3 is 6.18 Å². The van der Waals surface area contributed by atoms with Crippen molar-refractivity contribution in [2.45, 2.75) is 6.18 Å². The molecule has 0 fully saturated rings. The van der Waals surface area contributed by atoms with Crippen LogP contribution in [-0.4, -0.2) is 16.8 Å². The Labute approximate surface area is 108 Å². The summed E-state index contributed by atoms with van der Waals surface area (Å²) in [5, 5.41) is 6.82. The van der Waals surface area contributed by atoms with Crippen LogP contribution in [0.1, 0.15) is 5.56 Å². The number of nitrogens with one attached hydrogen (secondary N) is 1. The highest BCUT2D eigenvalue weighted by molar-refractivity contribution is 5.85. The molecule has 0 saturated carbocycles. The summed E-state index contributed by atoms with van der Waals surface area (Å²) in [7, 11) is 1.72. The zero-order valence-electron chi connectivity index (χ0n) is 9.40. The van der Waals surface area contributed by atoms with Crippen molar-refractivity contribution in [3.63, 3.8) is 0 Å². The molecule has 0 saturated heterocycles. The first-order valence-corrected chi connectivity index (χ1v) is 4.91. The molecule has 2 aromatic rings. The fourth-order valence-electron chi connectivity index (χ4n) is 1.42.